The summed E-state index contributed by atoms with van der Waals surface area (Å²) in [5.41, 5.74) is 0.571. The molecular weight excluding hydrogens is 376 g/mol. The van der Waals surface area contributed by atoms with E-state index < -0.39 is 11.9 Å². The van der Waals surface area contributed by atoms with Crippen LogP contribution in [-0.2, 0) is 14.3 Å². The molecule has 0 aliphatic heterocycles. The van der Waals surface area contributed by atoms with Gasteiger partial charge >= 0.3 is 11.9 Å². The summed E-state index contributed by atoms with van der Waals surface area (Å²) in [7, 11) is 2.46. The fraction of sp³-hybridized carbons (Fsp3) is 0.412. The summed E-state index contributed by atoms with van der Waals surface area (Å²) < 4.78 is 9.97. The maximum Gasteiger partial charge on any atom is 0.337 e. The Hall–Kier alpha value is -2.13. The molecule has 0 heterocycles. The van der Waals surface area contributed by atoms with Crippen molar-refractivity contribution in [1.82, 2.24) is 4.90 Å². The minimum atomic E-state index is -0.622. The van der Waals surface area contributed by atoms with Gasteiger partial charge in [0.1, 0.15) is 4.32 Å². The number of thiocarbonyl (C=S) groups is 1. The first kappa shape index (κ1) is 21.9. The fourth-order valence-corrected chi connectivity index (χ4v) is 3.27. The van der Waals surface area contributed by atoms with Crippen LogP contribution >= 0.6 is 24.0 Å². The molecule has 1 amide bonds. The van der Waals surface area contributed by atoms with Crippen molar-refractivity contribution in [2.75, 3.05) is 38.4 Å². The van der Waals surface area contributed by atoms with Crippen molar-refractivity contribution in [3.05, 3.63) is 29.3 Å². The van der Waals surface area contributed by atoms with Gasteiger partial charge in [0, 0.05) is 18.8 Å². The molecule has 9 heteroatoms. The van der Waals surface area contributed by atoms with E-state index in [4.69, 9.17) is 12.2 Å². The summed E-state index contributed by atoms with van der Waals surface area (Å²) in [6, 6.07) is 4.21. The molecule has 0 radical (unpaired) electrons. The number of methoxy groups -OCH3 is 2. The number of amides is 1. The molecule has 26 heavy (non-hydrogen) atoms. The lowest BCUT2D eigenvalue weighted by molar-refractivity contribution is -0.113. The zero-order chi connectivity index (χ0) is 19.7. The monoisotopic (exact) mass is 398 g/mol. The van der Waals surface area contributed by atoms with Crippen LogP contribution in [0.2, 0.25) is 0 Å². The van der Waals surface area contributed by atoms with Gasteiger partial charge in [0.25, 0.3) is 0 Å². The Morgan fingerprint density at radius 2 is 1.54 bits per heavy atom. The number of thioether (sulfide) groups is 1. The van der Waals surface area contributed by atoms with E-state index >= 15 is 0 Å². The first-order chi connectivity index (χ1) is 12.4. The molecule has 1 N–H and O–H groups in total. The first-order valence-corrected chi connectivity index (χ1v) is 9.28. The Kier molecular flexibility index (Phi) is 9.08. The number of hydrogen-bond donors (Lipinski definition) is 1. The number of benzene rings is 1. The number of carbonyl (C=O) groups excluding carboxylic acids is 3. The molecule has 1 rings (SSSR count). The highest BCUT2D eigenvalue weighted by molar-refractivity contribution is 8.23. The lowest BCUT2D eigenvalue weighted by Crippen LogP contribution is -2.28. The molecule has 0 unspecified atom stereocenters. The highest BCUT2D eigenvalue weighted by atomic mass is 32.2. The van der Waals surface area contributed by atoms with Gasteiger partial charge in [-0.05, 0) is 32.0 Å². The van der Waals surface area contributed by atoms with Crippen molar-refractivity contribution in [2.24, 2.45) is 0 Å². The third kappa shape index (κ3) is 6.30. The summed E-state index contributed by atoms with van der Waals surface area (Å²) in [4.78, 5) is 37.7. The molecule has 7 nitrogen and oxygen atoms in total. The molecule has 0 bridgehead atoms. The molecule has 0 saturated carbocycles. The minimum absolute atomic E-state index is 0.116. The third-order valence-electron chi connectivity index (χ3n) is 3.41. The molecule has 1 aromatic carbocycles. The quantitative estimate of drug-likeness (QED) is 0.554. The van der Waals surface area contributed by atoms with Gasteiger partial charge in [-0.2, -0.15) is 0 Å². The third-order valence-corrected chi connectivity index (χ3v) is 4.93. The predicted molar refractivity (Wildman–Crippen MR) is 106 cm³/mol. The zero-order valence-electron chi connectivity index (χ0n) is 15.2. The number of nitrogens with zero attached hydrogens (tertiary/aromatic N) is 1. The van der Waals surface area contributed by atoms with Gasteiger partial charge in [-0.15, -0.1) is 0 Å². The fourth-order valence-electron chi connectivity index (χ4n) is 2.07. The van der Waals surface area contributed by atoms with E-state index in [1.54, 1.807) is 0 Å². The Morgan fingerprint density at radius 1 is 1.04 bits per heavy atom. The molecular formula is C17H22N2O5S2. The summed E-state index contributed by atoms with van der Waals surface area (Å²) in [6.45, 7) is 5.52. The zero-order valence-corrected chi connectivity index (χ0v) is 16.8. The second-order valence-corrected chi connectivity index (χ2v) is 6.67. The van der Waals surface area contributed by atoms with Crippen LogP contribution < -0.4 is 5.32 Å². The molecule has 0 aromatic heterocycles. The predicted octanol–water partition coefficient (Wildman–Crippen LogP) is 2.56. The second-order valence-electron chi connectivity index (χ2n) is 5.06. The number of nitrogens with one attached hydrogen (secondary N) is 1. The average molecular weight is 399 g/mol. The first-order valence-electron chi connectivity index (χ1n) is 7.89. The van der Waals surface area contributed by atoms with Crippen LogP contribution in [0.4, 0.5) is 5.69 Å². The number of esters is 2. The highest BCUT2D eigenvalue weighted by Crippen LogP contribution is 2.18. The van der Waals surface area contributed by atoms with Crippen LogP contribution in [0.25, 0.3) is 0 Å². The Morgan fingerprint density at radius 3 is 1.96 bits per heavy atom. The molecule has 0 atom stereocenters. The SMILES string of the molecule is CCN(CC)C(=S)SCC(=O)Nc1cc(C(=O)OC)cc(C(=O)OC)c1. The number of rotatable bonds is 7. The van der Waals surface area contributed by atoms with Crippen molar-refractivity contribution in [3.8, 4) is 0 Å². The number of ether oxygens (including phenoxy) is 2. The van der Waals surface area contributed by atoms with Gasteiger partial charge in [0.15, 0.2) is 0 Å². The molecule has 0 aliphatic carbocycles. The van der Waals surface area contributed by atoms with Crippen LogP contribution in [0.3, 0.4) is 0 Å². The molecule has 1 aromatic rings. The molecule has 0 aliphatic rings. The highest BCUT2D eigenvalue weighted by Gasteiger charge is 2.15. The summed E-state index contributed by atoms with van der Waals surface area (Å²) in [6.07, 6.45) is 0. The van der Waals surface area contributed by atoms with Crippen molar-refractivity contribution in [1.29, 1.82) is 0 Å². The van der Waals surface area contributed by atoms with Crippen molar-refractivity contribution < 1.29 is 23.9 Å². The van der Waals surface area contributed by atoms with Gasteiger partial charge in [-0.3, -0.25) is 4.79 Å². The maximum atomic E-state index is 12.2. The molecule has 0 spiro atoms. The lowest BCUT2D eigenvalue weighted by Gasteiger charge is -2.20. The smallest absolute Gasteiger partial charge is 0.337 e. The van der Waals surface area contributed by atoms with Gasteiger partial charge in [-0.1, -0.05) is 24.0 Å². The van der Waals surface area contributed by atoms with E-state index in [0.717, 1.165) is 13.1 Å². The second kappa shape index (κ2) is 10.8. The van der Waals surface area contributed by atoms with Crippen LogP contribution in [-0.4, -0.2) is 60.1 Å². The van der Waals surface area contributed by atoms with Crippen LogP contribution in [0.5, 0.6) is 0 Å². The van der Waals surface area contributed by atoms with Gasteiger partial charge in [0.2, 0.25) is 5.91 Å². The average Bonchev–Trinajstić information content (AvgIpc) is 2.65. The Bertz CT molecular complexity index is 655. The molecule has 142 valence electrons. The van der Waals surface area contributed by atoms with Crippen molar-refractivity contribution >= 4 is 51.8 Å². The van der Waals surface area contributed by atoms with Crippen LogP contribution in [0.15, 0.2) is 18.2 Å². The topological polar surface area (TPSA) is 84.9 Å². The van der Waals surface area contributed by atoms with Crippen LogP contribution in [0.1, 0.15) is 34.6 Å². The van der Waals surface area contributed by atoms with Crippen molar-refractivity contribution in [3.63, 3.8) is 0 Å². The minimum Gasteiger partial charge on any atom is -0.465 e. The standard InChI is InChI=1S/C17H22N2O5S2/c1-5-19(6-2)17(25)26-10-14(20)18-13-8-11(15(21)23-3)7-12(9-13)16(22)24-4/h7-9H,5-6,10H2,1-4H3,(H,18,20). The maximum absolute atomic E-state index is 12.2. The summed E-state index contributed by atoms with van der Waals surface area (Å²) in [5, 5.41) is 2.66. The van der Waals surface area contributed by atoms with Crippen molar-refractivity contribution in [2.45, 2.75) is 13.8 Å². The van der Waals surface area contributed by atoms with E-state index in [1.165, 1.54) is 44.2 Å². The van der Waals surface area contributed by atoms with Gasteiger partial charge < -0.3 is 19.7 Å². The normalized spacial score (nSPS) is 10.0. The molecule has 0 fully saturated rings. The van der Waals surface area contributed by atoms with Gasteiger partial charge in [0.05, 0.1) is 31.1 Å². The van der Waals surface area contributed by atoms with E-state index in [9.17, 15) is 14.4 Å². The number of hydrogen-bond acceptors (Lipinski definition) is 7. The largest absolute Gasteiger partial charge is 0.465 e. The molecule has 0 saturated heterocycles. The van der Waals surface area contributed by atoms with E-state index in [0.29, 0.717) is 10.0 Å². The van der Waals surface area contributed by atoms with E-state index in [1.807, 2.05) is 18.7 Å². The van der Waals surface area contributed by atoms with E-state index in [2.05, 4.69) is 14.8 Å². The lowest BCUT2D eigenvalue weighted by atomic mass is 10.1. The summed E-state index contributed by atoms with van der Waals surface area (Å²) >= 11 is 6.54. The Labute approximate surface area is 162 Å². The van der Waals surface area contributed by atoms with Crippen LogP contribution in [0, 0.1) is 0 Å². The van der Waals surface area contributed by atoms with E-state index in [-0.39, 0.29) is 22.8 Å². The number of anilines is 1. The van der Waals surface area contributed by atoms with Gasteiger partial charge in [-0.25, -0.2) is 9.59 Å². The number of carbonyl (C=O) groups is 3. The summed E-state index contributed by atoms with van der Waals surface area (Å²) in [5.74, 6) is -1.43. The Balaban J connectivity index is 2.87.